The second-order valence-electron chi connectivity index (χ2n) is 7.32. The van der Waals surface area contributed by atoms with E-state index in [4.69, 9.17) is 0 Å². The molecular formula is C30H20Ir2N2-2. The van der Waals surface area contributed by atoms with Crippen molar-refractivity contribution in [3.63, 3.8) is 0 Å². The fourth-order valence-corrected chi connectivity index (χ4v) is 3.64. The van der Waals surface area contributed by atoms with Crippen molar-refractivity contribution in [2.75, 3.05) is 0 Å². The first-order valence-electron chi connectivity index (χ1n) is 10.5. The fraction of sp³-hybridized carbons (Fsp3) is 0. The van der Waals surface area contributed by atoms with E-state index in [1.54, 1.807) is 0 Å². The van der Waals surface area contributed by atoms with Gasteiger partial charge in [0.2, 0.25) is 0 Å². The molecule has 0 aliphatic heterocycles. The van der Waals surface area contributed by atoms with Crippen molar-refractivity contribution in [3.8, 4) is 22.5 Å². The van der Waals surface area contributed by atoms with Gasteiger partial charge in [-0.15, -0.1) is 71.8 Å². The van der Waals surface area contributed by atoms with E-state index < -0.39 is 0 Å². The maximum absolute atomic E-state index is 4.61. The first-order valence-corrected chi connectivity index (χ1v) is 10.5. The first kappa shape index (κ1) is 25.6. The van der Waals surface area contributed by atoms with Gasteiger partial charge in [0.15, 0.2) is 0 Å². The molecule has 170 valence electrons. The van der Waals surface area contributed by atoms with Crippen molar-refractivity contribution in [2.24, 2.45) is 0 Å². The predicted molar refractivity (Wildman–Crippen MR) is 132 cm³/mol. The molecule has 34 heavy (non-hydrogen) atoms. The normalized spacial score (nSPS) is 9.88. The van der Waals surface area contributed by atoms with Crippen LogP contribution in [0.25, 0.3) is 44.2 Å². The Morgan fingerprint density at radius 1 is 0.529 bits per heavy atom. The minimum absolute atomic E-state index is 0. The molecule has 0 N–H and O–H groups in total. The van der Waals surface area contributed by atoms with E-state index in [1.165, 1.54) is 16.2 Å². The summed E-state index contributed by atoms with van der Waals surface area (Å²) in [5.74, 6) is 0. The van der Waals surface area contributed by atoms with Crippen molar-refractivity contribution in [1.29, 1.82) is 0 Å². The topological polar surface area (TPSA) is 25.8 Å². The number of para-hydroxylation sites is 1. The van der Waals surface area contributed by atoms with Gasteiger partial charge < -0.3 is 4.98 Å². The Kier molecular flexibility index (Phi) is 9.39. The summed E-state index contributed by atoms with van der Waals surface area (Å²) in [7, 11) is 0. The first-order chi connectivity index (χ1) is 15.9. The molecule has 0 saturated carbocycles. The molecule has 4 heteroatoms. The Hall–Kier alpha value is -3.00. The average molecular weight is 793 g/mol. The molecular weight excluding hydrogens is 773 g/mol. The molecule has 2 heterocycles. The summed E-state index contributed by atoms with van der Waals surface area (Å²) < 4.78 is 0. The van der Waals surface area contributed by atoms with Gasteiger partial charge in [0.25, 0.3) is 0 Å². The molecule has 2 radical (unpaired) electrons. The van der Waals surface area contributed by atoms with Gasteiger partial charge >= 0.3 is 0 Å². The van der Waals surface area contributed by atoms with Gasteiger partial charge in [-0.1, -0.05) is 54.6 Å². The summed E-state index contributed by atoms with van der Waals surface area (Å²) in [5.41, 5.74) is 5.07. The minimum Gasteiger partial charge on any atom is -0.304 e. The number of aromatic nitrogens is 2. The van der Waals surface area contributed by atoms with Crippen molar-refractivity contribution in [1.82, 2.24) is 9.97 Å². The number of fused-ring (bicyclic) bond motifs is 2. The molecule has 6 aromatic rings. The summed E-state index contributed by atoms with van der Waals surface area (Å²) in [6.07, 6.45) is 1.85. The van der Waals surface area contributed by atoms with Crippen LogP contribution in [0.5, 0.6) is 0 Å². The Bertz CT molecular complexity index is 1460. The van der Waals surface area contributed by atoms with Crippen LogP contribution in [-0.4, -0.2) is 9.97 Å². The smallest absolute Gasteiger partial charge is 0.0595 e. The van der Waals surface area contributed by atoms with E-state index in [2.05, 4.69) is 46.4 Å². The van der Waals surface area contributed by atoms with Gasteiger partial charge in [0, 0.05) is 46.4 Å². The number of nitrogens with zero attached hydrogens (tertiary/aromatic N) is 2. The standard InChI is InChI=1S/2C15H10N.2Ir/c1-2-7-13(8-3-1)15-14-9-5-4-6-12(14)10-11-16-15;1-2-6-12(7-3-1)15-11-10-13-8-4-5-9-14(13)16-15;;/h1-7,9-11H;1-6,8-11H;;/q2*-1;;. The summed E-state index contributed by atoms with van der Waals surface area (Å²) in [5, 5.41) is 3.55. The molecule has 4 aromatic carbocycles. The third kappa shape index (κ3) is 5.91. The van der Waals surface area contributed by atoms with Crippen LogP contribution in [0.15, 0.2) is 121 Å². The predicted octanol–water partition coefficient (Wildman–Crippen LogP) is 7.40. The fourth-order valence-electron chi connectivity index (χ4n) is 3.64. The van der Waals surface area contributed by atoms with E-state index in [0.717, 1.165) is 28.0 Å². The molecule has 0 fully saturated rings. The van der Waals surface area contributed by atoms with Crippen molar-refractivity contribution in [2.45, 2.75) is 0 Å². The minimum atomic E-state index is 0. The Labute approximate surface area is 226 Å². The number of rotatable bonds is 2. The Morgan fingerprint density at radius 2 is 1.18 bits per heavy atom. The van der Waals surface area contributed by atoms with Crippen LogP contribution in [0, 0.1) is 12.1 Å². The van der Waals surface area contributed by atoms with Gasteiger partial charge in [-0.2, -0.15) is 0 Å². The SMILES string of the molecule is [Ir].[Ir].[c-]1ccccc1-c1ccc2ccccc2n1.[c-]1ccccc1-c1nccc2ccccc12. The zero-order chi connectivity index (χ0) is 21.6. The summed E-state index contributed by atoms with van der Waals surface area (Å²) >= 11 is 0. The van der Waals surface area contributed by atoms with Crippen LogP contribution in [0.1, 0.15) is 0 Å². The van der Waals surface area contributed by atoms with Crippen molar-refractivity contribution in [3.05, 3.63) is 134 Å². The van der Waals surface area contributed by atoms with E-state index in [0.29, 0.717) is 0 Å². The maximum Gasteiger partial charge on any atom is 0.0595 e. The van der Waals surface area contributed by atoms with E-state index in [9.17, 15) is 0 Å². The van der Waals surface area contributed by atoms with Crippen molar-refractivity contribution >= 4 is 21.7 Å². The second-order valence-corrected chi connectivity index (χ2v) is 7.32. The largest absolute Gasteiger partial charge is 0.304 e. The Morgan fingerprint density at radius 3 is 1.91 bits per heavy atom. The van der Waals surface area contributed by atoms with Crippen LogP contribution in [0.3, 0.4) is 0 Å². The monoisotopic (exact) mass is 794 g/mol. The third-order valence-corrected chi connectivity index (χ3v) is 5.22. The molecule has 0 bridgehead atoms. The number of hydrogen-bond acceptors (Lipinski definition) is 2. The van der Waals surface area contributed by atoms with Gasteiger partial charge in [0.1, 0.15) is 0 Å². The third-order valence-electron chi connectivity index (χ3n) is 5.22. The number of pyridine rings is 2. The summed E-state index contributed by atoms with van der Waals surface area (Å²) in [6.45, 7) is 0. The molecule has 2 nitrogen and oxygen atoms in total. The van der Waals surface area contributed by atoms with Gasteiger partial charge in [-0.3, -0.25) is 4.98 Å². The van der Waals surface area contributed by atoms with Gasteiger partial charge in [-0.25, -0.2) is 0 Å². The molecule has 0 saturated heterocycles. The maximum atomic E-state index is 4.61. The van der Waals surface area contributed by atoms with Crippen LogP contribution in [0.2, 0.25) is 0 Å². The van der Waals surface area contributed by atoms with Crippen molar-refractivity contribution < 1.29 is 40.2 Å². The second kappa shape index (κ2) is 12.5. The molecule has 0 aliphatic carbocycles. The van der Waals surface area contributed by atoms with Gasteiger partial charge in [0.05, 0.1) is 5.52 Å². The number of benzene rings is 4. The number of hydrogen-bond donors (Lipinski definition) is 0. The van der Waals surface area contributed by atoms with E-state index >= 15 is 0 Å². The molecule has 0 atom stereocenters. The van der Waals surface area contributed by atoms with E-state index in [-0.39, 0.29) is 40.2 Å². The quantitative estimate of drug-likeness (QED) is 0.171. The van der Waals surface area contributed by atoms with Crippen LogP contribution < -0.4 is 0 Å². The van der Waals surface area contributed by atoms with E-state index in [1.807, 2.05) is 97.2 Å². The average Bonchev–Trinajstić information content (AvgIpc) is 2.89. The van der Waals surface area contributed by atoms with Crippen LogP contribution in [0.4, 0.5) is 0 Å². The molecule has 6 rings (SSSR count). The summed E-state index contributed by atoms with van der Waals surface area (Å²) in [4.78, 5) is 9.06. The van der Waals surface area contributed by atoms with Crippen LogP contribution >= 0.6 is 0 Å². The van der Waals surface area contributed by atoms with Gasteiger partial charge in [-0.05, 0) is 39.7 Å². The molecule has 2 aromatic heterocycles. The molecule has 0 spiro atoms. The zero-order valence-corrected chi connectivity index (χ0v) is 22.9. The summed E-state index contributed by atoms with van der Waals surface area (Å²) in [6, 6.07) is 44.8. The van der Waals surface area contributed by atoms with Crippen LogP contribution in [-0.2, 0) is 40.2 Å². The molecule has 0 aliphatic rings. The molecule has 0 amide bonds. The zero-order valence-electron chi connectivity index (χ0n) is 18.1. The molecule has 0 unspecified atom stereocenters. The Balaban J connectivity index is 0.000000180.